The maximum Gasteiger partial charge on any atom is 4.00 e. The maximum absolute atomic E-state index is 5.28. The summed E-state index contributed by atoms with van der Waals surface area (Å²) in [5.74, 6) is 0.528. The number of pyridine rings is 1. The van der Waals surface area contributed by atoms with Crippen LogP contribution in [0.25, 0.3) is 5.32 Å². The Labute approximate surface area is 276 Å². The summed E-state index contributed by atoms with van der Waals surface area (Å²) in [7, 11) is -1.29. The van der Waals surface area contributed by atoms with Crippen LogP contribution in [-0.4, -0.2) is 13.1 Å². The second kappa shape index (κ2) is 17.5. The maximum atomic E-state index is 5.28. The van der Waals surface area contributed by atoms with E-state index in [-0.39, 0.29) is 32.2 Å². The molecule has 1 aliphatic rings. The van der Waals surface area contributed by atoms with E-state index in [0.717, 1.165) is 28.6 Å². The van der Waals surface area contributed by atoms with Crippen molar-refractivity contribution in [1.82, 2.24) is 4.98 Å². The van der Waals surface area contributed by atoms with E-state index in [4.69, 9.17) is 10.3 Å². The van der Waals surface area contributed by atoms with Crippen molar-refractivity contribution in [3.8, 4) is 0 Å². The van der Waals surface area contributed by atoms with Crippen LogP contribution in [0, 0.1) is 41.0 Å². The second-order valence-corrected chi connectivity index (χ2v) is 17.9. The molecule has 2 unspecified atom stereocenters. The predicted octanol–water partition coefficient (Wildman–Crippen LogP) is 11.3. The number of aryl methyl sites for hydroxylation is 3. The first-order chi connectivity index (χ1) is 19.5. The van der Waals surface area contributed by atoms with Crippen LogP contribution in [0.2, 0.25) is 25.7 Å². The summed E-state index contributed by atoms with van der Waals surface area (Å²) >= 11 is 0. The van der Waals surface area contributed by atoms with Crippen LogP contribution in [0.5, 0.6) is 0 Å². The van der Waals surface area contributed by atoms with Gasteiger partial charge in [0.05, 0.1) is 0 Å². The van der Waals surface area contributed by atoms with E-state index in [2.05, 4.69) is 91.0 Å². The molecule has 2 nitrogen and oxygen atoms in total. The fraction of sp³-hybridized carbons (Fsp3) is 0.316. The first-order valence-corrected chi connectivity index (χ1v) is 18.6. The summed E-state index contributed by atoms with van der Waals surface area (Å²) in [5.41, 5.74) is 9.53. The number of hydrogen-bond acceptors (Lipinski definition) is 1. The number of aromatic nitrogens is 1. The predicted molar refractivity (Wildman–Crippen MR) is 181 cm³/mol. The van der Waals surface area contributed by atoms with Gasteiger partial charge in [0.1, 0.15) is 0 Å². The van der Waals surface area contributed by atoms with Crippen molar-refractivity contribution >= 4 is 13.8 Å². The molecule has 42 heavy (non-hydrogen) atoms. The molecule has 1 heterocycles. The second-order valence-electron chi connectivity index (χ2n) is 12.4. The van der Waals surface area contributed by atoms with Gasteiger partial charge in [-0.2, -0.15) is 55.7 Å². The van der Waals surface area contributed by atoms with Gasteiger partial charge in [-0.25, -0.2) is 0 Å². The summed E-state index contributed by atoms with van der Waals surface area (Å²) in [6.07, 6.45) is 6.19. The smallest absolute Gasteiger partial charge is 0.677 e. The van der Waals surface area contributed by atoms with E-state index in [9.17, 15) is 0 Å². The minimum atomic E-state index is -1.29. The van der Waals surface area contributed by atoms with Crippen LogP contribution in [0.15, 0.2) is 91.0 Å². The van der Waals surface area contributed by atoms with E-state index in [0.29, 0.717) is 5.92 Å². The van der Waals surface area contributed by atoms with Gasteiger partial charge in [-0.05, 0) is 32.9 Å². The van der Waals surface area contributed by atoms with Crippen molar-refractivity contribution in [2.24, 2.45) is 0 Å². The third-order valence-corrected chi connectivity index (χ3v) is 8.71. The molecule has 0 bridgehead atoms. The van der Waals surface area contributed by atoms with Gasteiger partial charge in [0.25, 0.3) is 0 Å². The molecular formula is C38H48N2SiZr. The Bertz CT molecular complexity index is 1270. The minimum Gasteiger partial charge on any atom is -0.677 e. The molecule has 4 heteroatoms. The molecule has 0 saturated heterocycles. The van der Waals surface area contributed by atoms with Gasteiger partial charge < -0.3 is 11.7 Å². The third-order valence-electron chi connectivity index (χ3n) is 7.10. The van der Waals surface area contributed by atoms with Crippen molar-refractivity contribution in [3.63, 3.8) is 0 Å². The van der Waals surface area contributed by atoms with E-state index in [1.165, 1.54) is 41.6 Å². The molecule has 0 N–H and O–H groups in total. The molecule has 5 rings (SSSR count). The zero-order chi connectivity index (χ0) is 29.8. The standard InChI is InChI=1S/C24H34N2Si.2C7H7.Zr/c1-17-14-18(2)24(19(3)15-17)26-23(16-27(4,5)6)22-13-9-12-21(25-22)20-10-7-8-11-20;2*1-7-5-3-2-4-6-7;/h9-10,12-15,20,23H,7-8,11,16H2,1-6H3;2*2-6H,1H2;/q-2;2*-1;+4. The molecule has 1 aromatic heterocycles. The van der Waals surface area contributed by atoms with Crippen LogP contribution in [0.4, 0.5) is 5.69 Å². The largest absolute Gasteiger partial charge is 4.00 e. The molecule has 3 aromatic carbocycles. The fourth-order valence-electron chi connectivity index (χ4n) is 5.19. The first-order valence-electron chi connectivity index (χ1n) is 14.8. The zero-order valence-electron chi connectivity index (χ0n) is 26.5. The normalized spacial score (nSPS) is 14.8. The van der Waals surface area contributed by atoms with Crippen LogP contribution in [0.1, 0.15) is 70.4 Å². The Morgan fingerprint density at radius 2 is 1.38 bits per heavy atom. The molecule has 0 radical (unpaired) electrons. The van der Waals surface area contributed by atoms with Crippen molar-refractivity contribution in [2.75, 3.05) is 0 Å². The van der Waals surface area contributed by atoms with E-state index in [1.54, 1.807) is 0 Å². The monoisotopic (exact) mass is 650 g/mol. The van der Waals surface area contributed by atoms with Crippen LogP contribution >= 0.6 is 0 Å². The molecule has 218 valence electrons. The van der Waals surface area contributed by atoms with Gasteiger partial charge in [0.2, 0.25) is 0 Å². The Balaban J connectivity index is 0.000000334. The summed E-state index contributed by atoms with van der Waals surface area (Å²) in [6, 6.07) is 32.1. The zero-order valence-corrected chi connectivity index (χ0v) is 30.0. The Morgan fingerprint density at radius 3 is 1.81 bits per heavy atom. The summed E-state index contributed by atoms with van der Waals surface area (Å²) < 4.78 is 0. The molecule has 0 aliphatic heterocycles. The number of rotatable bonds is 6. The van der Waals surface area contributed by atoms with E-state index < -0.39 is 8.07 Å². The van der Waals surface area contributed by atoms with E-state index in [1.807, 2.05) is 60.7 Å². The van der Waals surface area contributed by atoms with Crippen LogP contribution in [-0.2, 0) is 26.2 Å². The van der Waals surface area contributed by atoms with Gasteiger partial charge >= 0.3 is 26.2 Å². The SMILES string of the molecule is Cc1cc(C)c([N-]C(C[Si](C)(C)C)c2cccc(C3[CH-]CCC3)n2)c(C)c1.[CH2-]c1ccccc1.[CH2-]c1ccccc1.[Zr+4]. The average molecular weight is 652 g/mol. The van der Waals surface area contributed by atoms with Crippen molar-refractivity contribution in [1.29, 1.82) is 0 Å². The molecule has 1 saturated carbocycles. The molecule has 0 amide bonds. The van der Waals surface area contributed by atoms with Crippen LogP contribution in [0.3, 0.4) is 0 Å². The third kappa shape index (κ3) is 12.4. The van der Waals surface area contributed by atoms with Gasteiger partial charge in [-0.15, -0.1) is 35.9 Å². The molecular weight excluding hydrogens is 604 g/mol. The van der Waals surface area contributed by atoms with Crippen LogP contribution < -0.4 is 0 Å². The fourth-order valence-corrected chi connectivity index (χ4v) is 6.65. The average Bonchev–Trinajstić information content (AvgIpc) is 3.46. The van der Waals surface area contributed by atoms with Crippen molar-refractivity contribution < 1.29 is 26.2 Å². The molecule has 0 spiro atoms. The molecule has 1 aliphatic carbocycles. The summed E-state index contributed by atoms with van der Waals surface area (Å²) in [5, 5.41) is 5.28. The summed E-state index contributed by atoms with van der Waals surface area (Å²) in [4.78, 5) is 5.11. The van der Waals surface area contributed by atoms with Gasteiger partial charge in [-0.3, -0.25) is 4.98 Å². The number of benzene rings is 3. The van der Waals surface area contributed by atoms with Gasteiger partial charge in [0.15, 0.2) is 0 Å². The molecule has 1 fully saturated rings. The quantitative estimate of drug-likeness (QED) is 0.151. The van der Waals surface area contributed by atoms with Crippen molar-refractivity contribution in [2.45, 2.75) is 77.7 Å². The number of nitrogens with zero attached hydrogens (tertiary/aromatic N) is 2. The molecule has 2 atom stereocenters. The molecule has 4 aromatic rings. The summed E-state index contributed by atoms with van der Waals surface area (Å²) in [6.45, 7) is 21.3. The van der Waals surface area contributed by atoms with Gasteiger partial charge in [0, 0.05) is 19.5 Å². The van der Waals surface area contributed by atoms with E-state index >= 15 is 0 Å². The Morgan fingerprint density at radius 1 is 0.833 bits per heavy atom. The van der Waals surface area contributed by atoms with Crippen molar-refractivity contribution in [3.05, 3.63) is 156 Å². The first kappa shape index (κ1) is 35.6. The Hall–Kier alpha value is -2.55. The minimum absolute atomic E-state index is 0. The number of hydrogen-bond donors (Lipinski definition) is 0. The topological polar surface area (TPSA) is 27.0 Å². The van der Waals surface area contributed by atoms with Gasteiger partial charge in [-0.1, -0.05) is 91.6 Å². The Kier molecular flexibility index (Phi) is 14.9.